The van der Waals surface area contributed by atoms with E-state index in [1.54, 1.807) is 42.5 Å². The lowest BCUT2D eigenvalue weighted by Crippen LogP contribution is -2.28. The average Bonchev–Trinajstić information content (AvgIpc) is 3.34. The van der Waals surface area contributed by atoms with Crippen LogP contribution in [0.3, 0.4) is 0 Å². The Labute approximate surface area is 188 Å². The Morgan fingerprint density at radius 2 is 2.03 bits per heavy atom. The number of hydrogen-bond acceptors (Lipinski definition) is 6. The Bertz CT molecular complexity index is 1180. The molecular formula is C22H24N4O3S2. The molecule has 0 radical (unpaired) electrons. The SMILES string of the molecule is CNC(=O)c1ccc(CN(C)C(=O)CSCc2nc3sc4c(c3c(=O)[nH]2)CCC4)cc1. The zero-order valence-electron chi connectivity index (χ0n) is 17.5. The number of thiophene rings is 1. The van der Waals surface area contributed by atoms with Gasteiger partial charge in [-0.15, -0.1) is 23.1 Å². The zero-order valence-corrected chi connectivity index (χ0v) is 19.1. The van der Waals surface area contributed by atoms with Crippen LogP contribution in [0, 0.1) is 0 Å². The van der Waals surface area contributed by atoms with Crippen molar-refractivity contribution in [2.75, 3.05) is 19.8 Å². The molecule has 0 fully saturated rings. The highest BCUT2D eigenvalue weighted by Crippen LogP contribution is 2.34. The monoisotopic (exact) mass is 456 g/mol. The molecule has 2 amide bonds. The molecule has 9 heteroatoms. The second-order valence-corrected chi connectivity index (χ2v) is 9.64. The first-order valence-corrected chi connectivity index (χ1v) is 12.1. The van der Waals surface area contributed by atoms with Crippen LogP contribution in [-0.2, 0) is 29.9 Å². The third-order valence-electron chi connectivity index (χ3n) is 5.38. The molecule has 0 saturated carbocycles. The zero-order chi connectivity index (χ0) is 22.0. The van der Waals surface area contributed by atoms with Crippen molar-refractivity contribution in [3.8, 4) is 0 Å². The van der Waals surface area contributed by atoms with E-state index in [0.29, 0.717) is 29.4 Å². The summed E-state index contributed by atoms with van der Waals surface area (Å²) in [6.45, 7) is 0.467. The van der Waals surface area contributed by atoms with E-state index < -0.39 is 0 Å². The van der Waals surface area contributed by atoms with Crippen molar-refractivity contribution < 1.29 is 9.59 Å². The molecule has 4 rings (SSSR count). The Morgan fingerprint density at radius 3 is 2.77 bits per heavy atom. The van der Waals surface area contributed by atoms with Crippen LogP contribution in [0.15, 0.2) is 29.1 Å². The minimum absolute atomic E-state index is 0.00102. The van der Waals surface area contributed by atoms with Gasteiger partial charge in [-0.25, -0.2) is 4.98 Å². The molecule has 3 aromatic rings. The van der Waals surface area contributed by atoms with Crippen LogP contribution < -0.4 is 10.9 Å². The molecule has 1 aliphatic rings. The number of amides is 2. The molecule has 31 heavy (non-hydrogen) atoms. The maximum absolute atomic E-state index is 12.5. The van der Waals surface area contributed by atoms with Crippen LogP contribution in [-0.4, -0.2) is 46.5 Å². The van der Waals surface area contributed by atoms with Gasteiger partial charge in [-0.2, -0.15) is 0 Å². The fourth-order valence-corrected chi connectivity index (χ4v) is 5.84. The summed E-state index contributed by atoms with van der Waals surface area (Å²) in [6.07, 6.45) is 3.11. The number of carbonyl (C=O) groups is 2. The molecule has 1 aromatic carbocycles. The Balaban J connectivity index is 1.31. The largest absolute Gasteiger partial charge is 0.355 e. The van der Waals surface area contributed by atoms with Gasteiger partial charge in [0.1, 0.15) is 10.7 Å². The number of rotatable bonds is 7. The third-order valence-corrected chi connectivity index (χ3v) is 7.49. The Kier molecular flexibility index (Phi) is 6.43. The van der Waals surface area contributed by atoms with Gasteiger partial charge >= 0.3 is 0 Å². The molecule has 0 aliphatic heterocycles. The number of benzene rings is 1. The van der Waals surface area contributed by atoms with E-state index in [1.807, 2.05) is 12.1 Å². The number of carbonyl (C=O) groups excluding carboxylic acids is 2. The van der Waals surface area contributed by atoms with Gasteiger partial charge < -0.3 is 15.2 Å². The maximum Gasteiger partial charge on any atom is 0.259 e. The molecule has 0 unspecified atom stereocenters. The molecule has 2 N–H and O–H groups in total. The van der Waals surface area contributed by atoms with Crippen molar-refractivity contribution >= 4 is 45.1 Å². The van der Waals surface area contributed by atoms with Crippen molar-refractivity contribution in [2.24, 2.45) is 0 Å². The van der Waals surface area contributed by atoms with Gasteiger partial charge in [-0.1, -0.05) is 12.1 Å². The summed E-state index contributed by atoms with van der Waals surface area (Å²) >= 11 is 3.06. The van der Waals surface area contributed by atoms with Crippen LogP contribution in [0.2, 0.25) is 0 Å². The number of H-pyrrole nitrogens is 1. The number of aromatic amines is 1. The molecular weight excluding hydrogens is 432 g/mol. The summed E-state index contributed by atoms with van der Waals surface area (Å²) in [4.78, 5) is 47.9. The van der Waals surface area contributed by atoms with E-state index in [2.05, 4.69) is 15.3 Å². The highest BCUT2D eigenvalue weighted by Gasteiger charge is 2.21. The second-order valence-electron chi connectivity index (χ2n) is 7.57. The number of aromatic nitrogens is 2. The number of thioether (sulfide) groups is 1. The molecule has 1 aliphatic carbocycles. The second kappa shape index (κ2) is 9.23. The first-order valence-electron chi connectivity index (χ1n) is 10.1. The van der Waals surface area contributed by atoms with Gasteiger partial charge in [-0.05, 0) is 42.5 Å². The summed E-state index contributed by atoms with van der Waals surface area (Å²) in [5.74, 6) is 1.26. The fourth-order valence-electron chi connectivity index (χ4n) is 3.73. The Morgan fingerprint density at radius 1 is 1.26 bits per heavy atom. The van der Waals surface area contributed by atoms with Crippen molar-refractivity contribution in [3.63, 3.8) is 0 Å². The number of nitrogens with zero attached hydrogens (tertiary/aromatic N) is 2. The molecule has 0 spiro atoms. The first kappa shape index (κ1) is 21.6. The van der Waals surface area contributed by atoms with Crippen LogP contribution >= 0.6 is 23.1 Å². The highest BCUT2D eigenvalue weighted by molar-refractivity contribution is 7.99. The summed E-state index contributed by atoms with van der Waals surface area (Å²) in [6, 6.07) is 7.20. The van der Waals surface area contributed by atoms with E-state index in [1.165, 1.54) is 22.2 Å². The fraction of sp³-hybridized carbons (Fsp3) is 0.364. The van der Waals surface area contributed by atoms with Crippen LogP contribution in [0.1, 0.15) is 38.6 Å². The van der Waals surface area contributed by atoms with E-state index in [4.69, 9.17) is 0 Å². The van der Waals surface area contributed by atoms with Gasteiger partial charge in [0.2, 0.25) is 5.91 Å². The lowest BCUT2D eigenvalue weighted by molar-refractivity contribution is -0.127. The molecule has 0 bridgehead atoms. The Hall–Kier alpha value is -2.65. The van der Waals surface area contributed by atoms with Gasteiger partial charge in [-0.3, -0.25) is 14.4 Å². The van der Waals surface area contributed by atoms with Crippen molar-refractivity contribution in [1.29, 1.82) is 0 Å². The lowest BCUT2D eigenvalue weighted by atomic mass is 10.1. The minimum Gasteiger partial charge on any atom is -0.355 e. The predicted octanol–water partition coefficient (Wildman–Crippen LogP) is 2.72. The van der Waals surface area contributed by atoms with E-state index in [0.717, 1.165) is 35.0 Å². The standard InChI is InChI=1S/C22H24N4O3S2/c1-23-20(28)14-8-6-13(7-9-14)10-26(2)18(27)12-30-11-17-24-21(29)19-15-4-3-5-16(15)31-22(19)25-17/h6-9H,3-5,10-12H2,1-2H3,(H,23,28)(H,24,25,29). The van der Waals surface area contributed by atoms with Crippen LogP contribution in [0.25, 0.3) is 10.2 Å². The van der Waals surface area contributed by atoms with Gasteiger partial charge in [0, 0.05) is 31.1 Å². The van der Waals surface area contributed by atoms with Crippen molar-refractivity contribution in [3.05, 3.63) is 62.0 Å². The van der Waals surface area contributed by atoms with E-state index >= 15 is 0 Å². The molecule has 0 atom stereocenters. The minimum atomic E-state index is -0.135. The number of nitrogens with one attached hydrogen (secondary N) is 2. The normalized spacial score (nSPS) is 12.7. The van der Waals surface area contributed by atoms with Crippen LogP contribution in [0.5, 0.6) is 0 Å². The summed E-state index contributed by atoms with van der Waals surface area (Å²) < 4.78 is 0. The van der Waals surface area contributed by atoms with Crippen molar-refractivity contribution in [2.45, 2.75) is 31.6 Å². The lowest BCUT2D eigenvalue weighted by Gasteiger charge is -2.17. The molecule has 2 heterocycles. The topological polar surface area (TPSA) is 95.2 Å². The molecule has 7 nitrogen and oxygen atoms in total. The predicted molar refractivity (Wildman–Crippen MR) is 125 cm³/mol. The molecule has 0 saturated heterocycles. The average molecular weight is 457 g/mol. The van der Waals surface area contributed by atoms with Gasteiger partial charge in [0.25, 0.3) is 11.5 Å². The van der Waals surface area contributed by atoms with E-state index in [-0.39, 0.29) is 17.4 Å². The summed E-state index contributed by atoms with van der Waals surface area (Å²) in [5, 5.41) is 3.34. The summed E-state index contributed by atoms with van der Waals surface area (Å²) in [5.41, 5.74) is 2.65. The summed E-state index contributed by atoms with van der Waals surface area (Å²) in [7, 11) is 3.35. The van der Waals surface area contributed by atoms with E-state index in [9.17, 15) is 14.4 Å². The quantitative estimate of drug-likeness (QED) is 0.570. The van der Waals surface area contributed by atoms with Gasteiger partial charge in [0.05, 0.1) is 16.9 Å². The smallest absolute Gasteiger partial charge is 0.259 e. The highest BCUT2D eigenvalue weighted by atomic mass is 32.2. The number of fused-ring (bicyclic) bond motifs is 3. The first-order chi connectivity index (χ1) is 15.0. The van der Waals surface area contributed by atoms with Crippen LogP contribution in [0.4, 0.5) is 0 Å². The third kappa shape index (κ3) is 4.67. The maximum atomic E-state index is 12.5. The molecule has 2 aromatic heterocycles. The number of aryl methyl sites for hydroxylation is 2. The van der Waals surface area contributed by atoms with Gasteiger partial charge in [0.15, 0.2) is 0 Å². The molecule has 162 valence electrons. The van der Waals surface area contributed by atoms with Crippen molar-refractivity contribution in [1.82, 2.24) is 20.2 Å². The number of hydrogen-bond donors (Lipinski definition) is 2.